The highest BCUT2D eigenvalue weighted by atomic mass is 16.5. The highest BCUT2D eigenvalue weighted by Crippen LogP contribution is 2.40. The number of hydrogen-bond acceptors (Lipinski definition) is 4. The first kappa shape index (κ1) is 14.6. The fraction of sp³-hybridized carbons (Fsp3) is 0.312. The van der Waals surface area contributed by atoms with Crippen LogP contribution in [0, 0.1) is 22.7 Å². The second-order valence-corrected chi connectivity index (χ2v) is 4.67. The van der Waals surface area contributed by atoms with Crippen molar-refractivity contribution in [3.63, 3.8) is 0 Å². The first-order valence-corrected chi connectivity index (χ1v) is 6.72. The molecule has 0 saturated carbocycles. The molecule has 2 rings (SSSR count). The molecule has 1 heterocycles. The molecule has 0 atom stereocenters. The third-order valence-electron chi connectivity index (χ3n) is 3.43. The number of hydrogen-bond donors (Lipinski definition) is 0. The maximum absolute atomic E-state index is 12.6. The van der Waals surface area contributed by atoms with Crippen molar-refractivity contribution in [3.8, 4) is 17.9 Å². The van der Waals surface area contributed by atoms with Crippen LogP contribution in [0.5, 0.6) is 5.75 Å². The van der Waals surface area contributed by atoms with Gasteiger partial charge < -0.3 is 9.64 Å². The van der Waals surface area contributed by atoms with Gasteiger partial charge in [0, 0.05) is 12.1 Å². The van der Waals surface area contributed by atoms with Gasteiger partial charge in [0.25, 0.3) is 5.91 Å². The van der Waals surface area contributed by atoms with Crippen molar-refractivity contribution in [1.82, 2.24) is 0 Å². The van der Waals surface area contributed by atoms with Crippen LogP contribution in [0.4, 0.5) is 5.69 Å². The van der Waals surface area contributed by atoms with Gasteiger partial charge in [0.2, 0.25) is 0 Å². The molecule has 0 unspecified atom stereocenters. The van der Waals surface area contributed by atoms with E-state index in [9.17, 15) is 4.79 Å². The molecule has 21 heavy (non-hydrogen) atoms. The minimum Gasteiger partial charge on any atom is -0.497 e. The molecule has 0 N–H and O–H groups in total. The standard InChI is InChI=1S/C16H15N3O2/c1-3-4-7-19-14-6-5-12(21-2)8-13(14)15(16(19)20)11(9-17)10-18/h5-6,8H,3-4,7H2,1-2H3. The van der Waals surface area contributed by atoms with E-state index >= 15 is 0 Å². The molecular formula is C16H15N3O2. The molecule has 0 saturated heterocycles. The smallest absolute Gasteiger partial charge is 0.261 e. The number of carbonyl (C=O) groups is 1. The van der Waals surface area contributed by atoms with Crippen LogP contribution in [0.15, 0.2) is 23.8 Å². The topological polar surface area (TPSA) is 77.1 Å². The molecule has 0 fully saturated rings. The molecule has 0 aliphatic carbocycles. The van der Waals surface area contributed by atoms with Gasteiger partial charge in [-0.3, -0.25) is 4.79 Å². The summed E-state index contributed by atoms with van der Waals surface area (Å²) in [5.41, 5.74) is 1.33. The Morgan fingerprint density at radius 2 is 2.05 bits per heavy atom. The summed E-state index contributed by atoms with van der Waals surface area (Å²) in [7, 11) is 1.53. The Kier molecular flexibility index (Phi) is 4.25. The van der Waals surface area contributed by atoms with Gasteiger partial charge in [0.15, 0.2) is 0 Å². The molecule has 0 spiro atoms. The van der Waals surface area contributed by atoms with Gasteiger partial charge in [-0.05, 0) is 24.6 Å². The number of unbranched alkanes of at least 4 members (excludes halogenated alkanes) is 1. The van der Waals surface area contributed by atoms with E-state index in [1.54, 1.807) is 23.1 Å². The van der Waals surface area contributed by atoms with Crippen molar-refractivity contribution in [1.29, 1.82) is 10.5 Å². The number of benzene rings is 1. The lowest BCUT2D eigenvalue weighted by Gasteiger charge is -2.16. The van der Waals surface area contributed by atoms with Crippen LogP contribution in [0.3, 0.4) is 0 Å². The molecular weight excluding hydrogens is 266 g/mol. The number of methoxy groups -OCH3 is 1. The molecule has 0 bridgehead atoms. The van der Waals surface area contributed by atoms with E-state index in [2.05, 4.69) is 0 Å². The summed E-state index contributed by atoms with van der Waals surface area (Å²) in [4.78, 5) is 14.2. The van der Waals surface area contributed by atoms with E-state index < -0.39 is 0 Å². The molecule has 1 aromatic rings. The Hall–Kier alpha value is -2.79. The molecule has 1 aliphatic heterocycles. The van der Waals surface area contributed by atoms with Gasteiger partial charge in [-0.15, -0.1) is 0 Å². The summed E-state index contributed by atoms with van der Waals surface area (Å²) in [5, 5.41) is 18.2. The van der Waals surface area contributed by atoms with Crippen LogP contribution in [0.1, 0.15) is 25.3 Å². The third-order valence-corrected chi connectivity index (χ3v) is 3.43. The summed E-state index contributed by atoms with van der Waals surface area (Å²) < 4.78 is 5.17. The minimum absolute atomic E-state index is 0.159. The summed E-state index contributed by atoms with van der Waals surface area (Å²) in [6.45, 7) is 2.62. The van der Waals surface area contributed by atoms with E-state index in [0.29, 0.717) is 17.9 Å². The van der Waals surface area contributed by atoms with Crippen molar-refractivity contribution in [2.24, 2.45) is 0 Å². The average molecular weight is 281 g/mol. The zero-order valence-corrected chi connectivity index (χ0v) is 12.0. The predicted octanol–water partition coefficient (Wildman–Crippen LogP) is 2.64. The number of nitriles is 2. The van der Waals surface area contributed by atoms with E-state index in [1.807, 2.05) is 19.1 Å². The highest BCUT2D eigenvalue weighted by Gasteiger charge is 2.34. The SMILES string of the molecule is CCCCN1C(=O)C(=C(C#N)C#N)c2cc(OC)ccc21. The number of allylic oxidation sites excluding steroid dienone is 1. The van der Waals surface area contributed by atoms with Crippen molar-refractivity contribution < 1.29 is 9.53 Å². The first-order chi connectivity index (χ1) is 10.2. The van der Waals surface area contributed by atoms with Gasteiger partial charge >= 0.3 is 0 Å². The van der Waals surface area contributed by atoms with Gasteiger partial charge in [0.1, 0.15) is 23.5 Å². The van der Waals surface area contributed by atoms with E-state index in [4.69, 9.17) is 15.3 Å². The molecule has 1 aromatic carbocycles. The molecule has 106 valence electrons. The molecule has 0 radical (unpaired) electrons. The number of fused-ring (bicyclic) bond motifs is 1. The number of anilines is 1. The molecule has 0 aromatic heterocycles. The Morgan fingerprint density at radius 3 is 2.62 bits per heavy atom. The lowest BCUT2D eigenvalue weighted by molar-refractivity contribution is -0.113. The lowest BCUT2D eigenvalue weighted by Crippen LogP contribution is -2.27. The van der Waals surface area contributed by atoms with E-state index in [1.165, 1.54) is 7.11 Å². The number of carbonyl (C=O) groups excluding carboxylic acids is 1. The Labute approximate surface area is 123 Å². The van der Waals surface area contributed by atoms with Crippen LogP contribution >= 0.6 is 0 Å². The average Bonchev–Trinajstić information content (AvgIpc) is 2.78. The normalized spacial score (nSPS) is 12.7. The maximum Gasteiger partial charge on any atom is 0.261 e. The molecule has 1 aliphatic rings. The second kappa shape index (κ2) is 6.11. The predicted molar refractivity (Wildman–Crippen MR) is 78.4 cm³/mol. The number of rotatable bonds is 4. The highest BCUT2D eigenvalue weighted by molar-refractivity contribution is 6.34. The second-order valence-electron chi connectivity index (χ2n) is 4.67. The Bertz CT molecular complexity index is 676. The zero-order valence-electron chi connectivity index (χ0n) is 12.0. The summed E-state index contributed by atoms with van der Waals surface area (Å²) in [5.74, 6) is 0.302. The summed E-state index contributed by atoms with van der Waals surface area (Å²) in [6.07, 6.45) is 1.82. The van der Waals surface area contributed by atoms with Crippen molar-refractivity contribution in [2.75, 3.05) is 18.6 Å². The number of amides is 1. The quantitative estimate of drug-likeness (QED) is 0.628. The van der Waals surface area contributed by atoms with Crippen LogP contribution < -0.4 is 9.64 Å². The fourth-order valence-electron chi connectivity index (χ4n) is 2.35. The summed E-state index contributed by atoms with van der Waals surface area (Å²) in [6, 6.07) is 8.88. The largest absolute Gasteiger partial charge is 0.497 e. The number of ether oxygens (including phenoxy) is 1. The molecule has 5 heteroatoms. The van der Waals surface area contributed by atoms with Crippen molar-refractivity contribution in [3.05, 3.63) is 29.3 Å². The van der Waals surface area contributed by atoms with Crippen molar-refractivity contribution >= 4 is 17.2 Å². The van der Waals surface area contributed by atoms with Crippen LogP contribution in [0.2, 0.25) is 0 Å². The van der Waals surface area contributed by atoms with E-state index in [0.717, 1.165) is 18.5 Å². The maximum atomic E-state index is 12.6. The van der Waals surface area contributed by atoms with Crippen LogP contribution in [0.25, 0.3) is 5.57 Å². The van der Waals surface area contributed by atoms with Crippen molar-refractivity contribution in [2.45, 2.75) is 19.8 Å². The third kappa shape index (κ3) is 2.46. The van der Waals surface area contributed by atoms with E-state index in [-0.39, 0.29) is 17.1 Å². The zero-order chi connectivity index (χ0) is 15.4. The number of nitrogens with zero attached hydrogens (tertiary/aromatic N) is 3. The fourth-order valence-corrected chi connectivity index (χ4v) is 2.35. The monoisotopic (exact) mass is 281 g/mol. The minimum atomic E-state index is -0.287. The molecule has 5 nitrogen and oxygen atoms in total. The van der Waals surface area contributed by atoms with Gasteiger partial charge in [0.05, 0.1) is 18.4 Å². The Morgan fingerprint density at radius 1 is 1.33 bits per heavy atom. The van der Waals surface area contributed by atoms with Crippen LogP contribution in [-0.4, -0.2) is 19.6 Å². The lowest BCUT2D eigenvalue weighted by atomic mass is 10.0. The Balaban J connectivity index is 2.63. The van der Waals surface area contributed by atoms with Gasteiger partial charge in [-0.25, -0.2) is 0 Å². The summed E-state index contributed by atoms with van der Waals surface area (Å²) >= 11 is 0. The van der Waals surface area contributed by atoms with Gasteiger partial charge in [-0.2, -0.15) is 10.5 Å². The first-order valence-electron chi connectivity index (χ1n) is 6.72. The van der Waals surface area contributed by atoms with Gasteiger partial charge in [-0.1, -0.05) is 13.3 Å². The molecule has 1 amide bonds. The van der Waals surface area contributed by atoms with Crippen LogP contribution in [-0.2, 0) is 4.79 Å².